The highest BCUT2D eigenvalue weighted by molar-refractivity contribution is 9.10. The van der Waals surface area contributed by atoms with Crippen molar-refractivity contribution in [3.8, 4) is 22.5 Å². The van der Waals surface area contributed by atoms with Crippen molar-refractivity contribution in [1.82, 2.24) is 5.16 Å². The van der Waals surface area contributed by atoms with Crippen LogP contribution in [0.15, 0.2) is 48.9 Å². The topological polar surface area (TPSA) is 86.2 Å². The summed E-state index contributed by atoms with van der Waals surface area (Å²) in [5.74, 6) is 0.488. The minimum atomic E-state index is -3.83. The Balaban J connectivity index is 2.34. The van der Waals surface area contributed by atoms with Gasteiger partial charge in [-0.25, -0.2) is 13.6 Å². The lowest BCUT2D eigenvalue weighted by atomic mass is 10.0. The third kappa shape index (κ3) is 2.63. The van der Waals surface area contributed by atoms with Crippen LogP contribution in [0.1, 0.15) is 5.69 Å². The van der Waals surface area contributed by atoms with E-state index in [0.29, 0.717) is 27.1 Å². The second kappa shape index (κ2) is 5.62. The summed E-state index contributed by atoms with van der Waals surface area (Å²) in [5, 5.41) is 11.0. The summed E-state index contributed by atoms with van der Waals surface area (Å²) < 4.78 is 29.9. The summed E-state index contributed by atoms with van der Waals surface area (Å²) in [6.07, 6.45) is 0. The molecule has 8 heteroatoms. The number of rotatable bonds is 3. The Bertz CT molecular complexity index is 930. The van der Waals surface area contributed by atoms with E-state index in [1.807, 2.05) is 30.3 Å². The van der Waals surface area contributed by atoms with Crippen molar-refractivity contribution in [2.45, 2.75) is 11.1 Å². The predicted molar refractivity (Wildman–Crippen MR) is 89.1 cm³/mol. The van der Waals surface area contributed by atoms with Gasteiger partial charge in [-0.2, -0.15) is 0 Å². The fourth-order valence-corrected chi connectivity index (χ4v) is 4.47. The number of hydrogen-bond donors (Lipinski definition) is 1. The maximum atomic E-state index is 11.9. The van der Waals surface area contributed by atoms with E-state index >= 15 is 0 Å². The highest BCUT2D eigenvalue weighted by atomic mass is 79.9. The number of hydrogen-bond acceptors (Lipinski definition) is 5. The highest BCUT2D eigenvalue weighted by Gasteiger charge is 2.26. The standard InChI is InChI=1S/C14H11BrN2O3S2/c1-8-12(15)13(20-17-8)10-7-21-14(22(16,18)19)11(10)9-5-3-2-4-6-9/h2-7H,1H3,(H2,16,18,19). The van der Waals surface area contributed by atoms with Crippen LogP contribution in [-0.2, 0) is 10.0 Å². The zero-order valence-electron chi connectivity index (χ0n) is 11.4. The van der Waals surface area contributed by atoms with Gasteiger partial charge >= 0.3 is 0 Å². The van der Waals surface area contributed by atoms with E-state index in [1.54, 1.807) is 12.3 Å². The number of aryl methyl sites for hydroxylation is 1. The Morgan fingerprint density at radius 2 is 1.95 bits per heavy atom. The van der Waals surface area contributed by atoms with Crippen LogP contribution >= 0.6 is 27.3 Å². The average Bonchev–Trinajstić information content (AvgIpc) is 3.04. The molecule has 0 atom stereocenters. The van der Waals surface area contributed by atoms with Crippen molar-refractivity contribution in [2.75, 3.05) is 0 Å². The van der Waals surface area contributed by atoms with E-state index in [9.17, 15) is 8.42 Å². The molecule has 2 N–H and O–H groups in total. The molecule has 0 saturated carbocycles. The lowest BCUT2D eigenvalue weighted by Gasteiger charge is -2.05. The first-order chi connectivity index (χ1) is 10.4. The fraction of sp³-hybridized carbons (Fsp3) is 0.0714. The molecule has 22 heavy (non-hydrogen) atoms. The number of primary sulfonamides is 1. The quantitative estimate of drug-likeness (QED) is 0.726. The van der Waals surface area contributed by atoms with Gasteiger partial charge in [0.1, 0.15) is 4.21 Å². The summed E-state index contributed by atoms with van der Waals surface area (Å²) >= 11 is 4.49. The molecule has 0 aliphatic carbocycles. The average molecular weight is 399 g/mol. The smallest absolute Gasteiger partial charge is 0.248 e. The van der Waals surface area contributed by atoms with Crippen LogP contribution in [0.25, 0.3) is 22.5 Å². The fourth-order valence-electron chi connectivity index (χ4n) is 2.12. The molecule has 5 nitrogen and oxygen atoms in total. The molecule has 0 amide bonds. The van der Waals surface area contributed by atoms with Crippen LogP contribution in [-0.4, -0.2) is 13.6 Å². The Hall–Kier alpha value is -1.48. The molecule has 0 unspecified atom stereocenters. The van der Waals surface area contributed by atoms with Gasteiger partial charge in [0.25, 0.3) is 0 Å². The summed E-state index contributed by atoms with van der Waals surface area (Å²) in [5.41, 5.74) is 2.62. The monoisotopic (exact) mass is 398 g/mol. The molecule has 0 saturated heterocycles. The molecule has 2 aromatic heterocycles. The molecule has 0 aliphatic rings. The maximum Gasteiger partial charge on any atom is 0.248 e. The Labute approximate surface area is 139 Å². The van der Waals surface area contributed by atoms with Gasteiger partial charge in [-0.05, 0) is 28.4 Å². The third-order valence-corrected chi connectivity index (χ3v) is 6.53. The van der Waals surface area contributed by atoms with Gasteiger partial charge in [0.05, 0.1) is 10.2 Å². The molecule has 0 spiro atoms. The second-order valence-electron chi connectivity index (χ2n) is 4.63. The number of sulfonamides is 1. The second-order valence-corrected chi connectivity index (χ2v) is 8.06. The lowest BCUT2D eigenvalue weighted by Crippen LogP contribution is -2.11. The number of halogens is 1. The predicted octanol–water partition coefficient (Wildman–Crippen LogP) is 3.79. The number of benzene rings is 1. The maximum absolute atomic E-state index is 11.9. The summed E-state index contributed by atoms with van der Waals surface area (Å²) in [7, 11) is -3.83. The number of thiophene rings is 1. The summed E-state index contributed by atoms with van der Waals surface area (Å²) in [4.78, 5) is 0. The first-order valence-corrected chi connectivity index (χ1v) is 9.43. The van der Waals surface area contributed by atoms with Crippen LogP contribution in [0, 0.1) is 6.92 Å². The summed E-state index contributed by atoms with van der Waals surface area (Å²) in [6, 6.07) is 9.20. The van der Waals surface area contributed by atoms with Gasteiger partial charge in [-0.1, -0.05) is 35.5 Å². The number of aromatic nitrogens is 1. The Kier molecular flexibility index (Phi) is 3.94. The van der Waals surface area contributed by atoms with Crippen LogP contribution in [0.2, 0.25) is 0 Å². The molecular formula is C14H11BrN2O3S2. The van der Waals surface area contributed by atoms with E-state index < -0.39 is 10.0 Å². The molecular weight excluding hydrogens is 388 g/mol. The minimum absolute atomic E-state index is 0.106. The van der Waals surface area contributed by atoms with E-state index in [-0.39, 0.29) is 4.21 Å². The van der Waals surface area contributed by atoms with Crippen molar-refractivity contribution in [3.63, 3.8) is 0 Å². The molecule has 0 bridgehead atoms. The summed E-state index contributed by atoms with van der Waals surface area (Å²) in [6.45, 7) is 1.80. The van der Waals surface area contributed by atoms with Crippen LogP contribution < -0.4 is 5.14 Å². The van der Waals surface area contributed by atoms with Crippen molar-refractivity contribution in [3.05, 3.63) is 45.9 Å². The molecule has 3 rings (SSSR count). The third-order valence-electron chi connectivity index (χ3n) is 3.11. The zero-order chi connectivity index (χ0) is 15.9. The van der Waals surface area contributed by atoms with E-state index in [4.69, 9.17) is 9.66 Å². The van der Waals surface area contributed by atoms with Gasteiger partial charge in [-0.3, -0.25) is 0 Å². The number of nitrogens with zero attached hydrogens (tertiary/aromatic N) is 1. The van der Waals surface area contributed by atoms with Crippen molar-refractivity contribution < 1.29 is 12.9 Å². The molecule has 1 aromatic carbocycles. The van der Waals surface area contributed by atoms with E-state index in [1.165, 1.54) is 0 Å². The van der Waals surface area contributed by atoms with Crippen molar-refractivity contribution in [1.29, 1.82) is 0 Å². The van der Waals surface area contributed by atoms with Gasteiger partial charge in [0, 0.05) is 16.5 Å². The Morgan fingerprint density at radius 3 is 2.50 bits per heavy atom. The van der Waals surface area contributed by atoms with Crippen LogP contribution in [0.5, 0.6) is 0 Å². The van der Waals surface area contributed by atoms with Crippen molar-refractivity contribution >= 4 is 37.3 Å². The lowest BCUT2D eigenvalue weighted by molar-refractivity contribution is 0.427. The molecule has 2 heterocycles. The molecule has 0 fully saturated rings. The normalized spacial score (nSPS) is 11.8. The first kappa shape index (κ1) is 15.4. The van der Waals surface area contributed by atoms with Crippen LogP contribution in [0.3, 0.4) is 0 Å². The van der Waals surface area contributed by atoms with E-state index in [2.05, 4.69) is 21.1 Å². The molecule has 114 valence electrons. The molecule has 0 aliphatic heterocycles. The number of nitrogens with two attached hydrogens (primary N) is 1. The molecule has 0 radical (unpaired) electrons. The highest BCUT2D eigenvalue weighted by Crippen LogP contribution is 2.44. The molecule has 3 aromatic rings. The van der Waals surface area contributed by atoms with Gasteiger partial charge in [-0.15, -0.1) is 11.3 Å². The van der Waals surface area contributed by atoms with Crippen molar-refractivity contribution in [2.24, 2.45) is 5.14 Å². The Morgan fingerprint density at radius 1 is 1.27 bits per heavy atom. The minimum Gasteiger partial charge on any atom is -0.355 e. The van der Waals surface area contributed by atoms with Crippen LogP contribution in [0.4, 0.5) is 0 Å². The van der Waals surface area contributed by atoms with E-state index in [0.717, 1.165) is 16.9 Å². The first-order valence-electron chi connectivity index (χ1n) is 6.21. The van der Waals surface area contributed by atoms with Gasteiger partial charge in [0.2, 0.25) is 10.0 Å². The zero-order valence-corrected chi connectivity index (χ0v) is 14.6. The largest absolute Gasteiger partial charge is 0.355 e. The SMILES string of the molecule is Cc1noc(-c2csc(S(N)(=O)=O)c2-c2ccccc2)c1Br. The van der Waals surface area contributed by atoms with Gasteiger partial charge < -0.3 is 4.52 Å². The van der Waals surface area contributed by atoms with Gasteiger partial charge in [0.15, 0.2) is 5.76 Å².